The van der Waals surface area contributed by atoms with E-state index in [-0.39, 0.29) is 6.61 Å². The molecule has 0 aliphatic rings. The fraction of sp³-hybridized carbons (Fsp3) is 0.167. The van der Waals surface area contributed by atoms with E-state index in [9.17, 15) is 4.79 Å². The number of anilines is 3. The maximum absolute atomic E-state index is 12.6. The van der Waals surface area contributed by atoms with Gasteiger partial charge in [-0.25, -0.2) is 14.3 Å². The van der Waals surface area contributed by atoms with Crippen LogP contribution < -0.4 is 10.6 Å². The van der Waals surface area contributed by atoms with Crippen LogP contribution in [0.4, 0.5) is 22.0 Å². The van der Waals surface area contributed by atoms with E-state index in [1.54, 1.807) is 23.1 Å². The molecule has 0 spiro atoms. The second-order valence-electron chi connectivity index (χ2n) is 9.33. The molecule has 0 aliphatic carbocycles. The number of aryl methyl sites for hydroxylation is 1. The third-order valence-corrected chi connectivity index (χ3v) is 6.72. The molecule has 2 N–H and O–H groups in total. The van der Waals surface area contributed by atoms with Crippen molar-refractivity contribution in [1.29, 1.82) is 0 Å². The summed E-state index contributed by atoms with van der Waals surface area (Å²) >= 11 is 0. The molecule has 0 saturated heterocycles. The molecule has 2 aromatic carbocycles. The maximum Gasteiger partial charge on any atom is 0.411 e. The number of carbonyl (C=O) groups is 1. The Kier molecular flexibility index (Phi) is 7.04. The summed E-state index contributed by atoms with van der Waals surface area (Å²) in [6.45, 7) is 3.00. The maximum atomic E-state index is 12.6. The van der Waals surface area contributed by atoms with Gasteiger partial charge >= 0.3 is 6.09 Å². The summed E-state index contributed by atoms with van der Waals surface area (Å²) in [7, 11) is 0. The molecule has 0 bridgehead atoms. The first-order valence-corrected chi connectivity index (χ1v) is 13.1. The zero-order valence-electron chi connectivity index (χ0n) is 22.0. The second kappa shape index (κ2) is 11.2. The number of rotatable bonds is 9. The van der Waals surface area contributed by atoms with Gasteiger partial charge in [0.1, 0.15) is 11.8 Å². The molecule has 0 saturated carbocycles. The third-order valence-electron chi connectivity index (χ3n) is 6.72. The zero-order chi connectivity index (χ0) is 27.3. The van der Waals surface area contributed by atoms with Gasteiger partial charge in [0.2, 0.25) is 0 Å². The Morgan fingerprint density at radius 2 is 1.85 bits per heavy atom. The first kappa shape index (κ1) is 25.1. The minimum absolute atomic E-state index is 0.266. The molecule has 200 valence electrons. The summed E-state index contributed by atoms with van der Waals surface area (Å²) in [5.41, 5.74) is 6.51. The standard InChI is InChI=1S/C30H28N8O2/c1-2-25-26(36-30(39)40-15-12-21-10-13-31-14-11-21)19-38-28(25)29(32-20-34-38)35-24-8-9-27-23(16-24)17-33-37(27)18-22-6-4-3-5-7-22/h3-11,13-14,16-17,19-20H,2,12,15,18H2,1H3,(H,36,39)(H,32,34,35). The number of benzene rings is 2. The molecule has 1 amide bonds. The number of nitrogens with zero attached hydrogens (tertiary/aromatic N) is 6. The lowest BCUT2D eigenvalue weighted by Gasteiger charge is -2.10. The van der Waals surface area contributed by atoms with Crippen molar-refractivity contribution in [2.75, 3.05) is 17.2 Å². The van der Waals surface area contributed by atoms with Crippen LogP contribution in [0.3, 0.4) is 0 Å². The minimum atomic E-state index is -0.514. The van der Waals surface area contributed by atoms with E-state index in [0.29, 0.717) is 30.9 Å². The number of ether oxygens (including phenoxy) is 1. The molecule has 4 heterocycles. The molecule has 6 rings (SSSR count). The lowest BCUT2D eigenvalue weighted by molar-refractivity contribution is 0.163. The highest BCUT2D eigenvalue weighted by Crippen LogP contribution is 2.30. The molecule has 4 aromatic heterocycles. The quantitative estimate of drug-likeness (QED) is 0.249. The van der Waals surface area contributed by atoms with E-state index in [0.717, 1.165) is 33.2 Å². The highest BCUT2D eigenvalue weighted by Gasteiger charge is 2.17. The van der Waals surface area contributed by atoms with Crippen LogP contribution in [-0.4, -0.2) is 42.1 Å². The molecule has 0 unspecified atom stereocenters. The topological polar surface area (TPSA) is 111 Å². The first-order chi connectivity index (χ1) is 19.7. The first-order valence-electron chi connectivity index (χ1n) is 13.1. The molecule has 10 nitrogen and oxygen atoms in total. The Morgan fingerprint density at radius 1 is 1.00 bits per heavy atom. The molecule has 0 atom stereocenters. The minimum Gasteiger partial charge on any atom is -0.449 e. The van der Waals surface area contributed by atoms with Crippen LogP contribution in [-0.2, 0) is 24.1 Å². The molecule has 0 aliphatic heterocycles. The molecule has 6 aromatic rings. The Bertz CT molecular complexity index is 1760. The second-order valence-corrected chi connectivity index (χ2v) is 9.33. The van der Waals surface area contributed by atoms with Crippen molar-refractivity contribution >= 4 is 39.7 Å². The summed E-state index contributed by atoms with van der Waals surface area (Å²) in [5, 5.41) is 16.3. The Hall–Kier alpha value is -5.25. The number of fused-ring (bicyclic) bond motifs is 2. The predicted molar refractivity (Wildman–Crippen MR) is 154 cm³/mol. The molecule has 0 fully saturated rings. The van der Waals surface area contributed by atoms with Crippen LogP contribution in [0.1, 0.15) is 23.6 Å². The molecular formula is C30H28N8O2. The van der Waals surface area contributed by atoms with Crippen LogP contribution in [0.2, 0.25) is 0 Å². The highest BCUT2D eigenvalue weighted by molar-refractivity contribution is 5.91. The smallest absolute Gasteiger partial charge is 0.411 e. The van der Waals surface area contributed by atoms with E-state index in [1.807, 2.05) is 54.2 Å². The van der Waals surface area contributed by atoms with Crippen molar-refractivity contribution in [3.8, 4) is 0 Å². The van der Waals surface area contributed by atoms with Gasteiger partial charge in [-0.1, -0.05) is 37.3 Å². The summed E-state index contributed by atoms with van der Waals surface area (Å²) < 4.78 is 9.13. The Morgan fingerprint density at radius 3 is 2.67 bits per heavy atom. The lowest BCUT2D eigenvalue weighted by atomic mass is 10.2. The fourth-order valence-electron chi connectivity index (χ4n) is 4.77. The van der Waals surface area contributed by atoms with Crippen molar-refractivity contribution in [3.05, 3.63) is 108 Å². The Labute approximate surface area is 230 Å². The van der Waals surface area contributed by atoms with Crippen molar-refractivity contribution in [3.63, 3.8) is 0 Å². The van der Waals surface area contributed by atoms with Gasteiger partial charge in [-0.3, -0.25) is 15.0 Å². The van der Waals surface area contributed by atoms with Crippen LogP contribution >= 0.6 is 0 Å². The van der Waals surface area contributed by atoms with Gasteiger partial charge in [-0.2, -0.15) is 10.2 Å². The summed E-state index contributed by atoms with van der Waals surface area (Å²) in [6, 6.07) is 20.2. The summed E-state index contributed by atoms with van der Waals surface area (Å²) in [6.07, 6.45) is 9.35. The number of aromatic nitrogens is 6. The monoisotopic (exact) mass is 532 g/mol. The van der Waals surface area contributed by atoms with Gasteiger partial charge in [0.05, 0.1) is 36.7 Å². The number of hydrogen-bond acceptors (Lipinski definition) is 7. The van der Waals surface area contributed by atoms with Gasteiger partial charge in [-0.15, -0.1) is 0 Å². The van der Waals surface area contributed by atoms with Crippen molar-refractivity contribution < 1.29 is 9.53 Å². The number of pyridine rings is 1. The van der Waals surface area contributed by atoms with E-state index < -0.39 is 6.09 Å². The molecule has 40 heavy (non-hydrogen) atoms. The molecule has 10 heteroatoms. The number of nitrogens with one attached hydrogen (secondary N) is 2. The summed E-state index contributed by atoms with van der Waals surface area (Å²) in [4.78, 5) is 21.1. The van der Waals surface area contributed by atoms with Crippen LogP contribution in [0.5, 0.6) is 0 Å². The van der Waals surface area contributed by atoms with Gasteiger partial charge in [0, 0.05) is 35.5 Å². The fourth-order valence-corrected chi connectivity index (χ4v) is 4.77. The lowest BCUT2D eigenvalue weighted by Crippen LogP contribution is -2.15. The van der Waals surface area contributed by atoms with Gasteiger partial charge < -0.3 is 10.1 Å². The Balaban J connectivity index is 1.19. The SMILES string of the molecule is CCc1c(NC(=O)OCCc2ccncc2)cn2ncnc(Nc3ccc4c(cnn4Cc4ccccc4)c3)c12. The van der Waals surface area contributed by atoms with Crippen LogP contribution in [0, 0.1) is 0 Å². The highest BCUT2D eigenvalue weighted by atomic mass is 16.5. The number of amides is 1. The number of carbonyl (C=O) groups excluding carboxylic acids is 1. The van der Waals surface area contributed by atoms with Gasteiger partial charge in [0.25, 0.3) is 0 Å². The zero-order valence-corrected chi connectivity index (χ0v) is 22.0. The van der Waals surface area contributed by atoms with E-state index in [2.05, 4.69) is 55.1 Å². The molecule has 0 radical (unpaired) electrons. The molecular weight excluding hydrogens is 504 g/mol. The van der Waals surface area contributed by atoms with Gasteiger partial charge in [0.15, 0.2) is 5.82 Å². The van der Waals surface area contributed by atoms with Crippen LogP contribution in [0.25, 0.3) is 16.4 Å². The average molecular weight is 533 g/mol. The van der Waals surface area contributed by atoms with E-state index in [1.165, 1.54) is 11.9 Å². The van der Waals surface area contributed by atoms with E-state index >= 15 is 0 Å². The van der Waals surface area contributed by atoms with Gasteiger partial charge in [-0.05, 0) is 47.9 Å². The normalized spacial score (nSPS) is 11.1. The average Bonchev–Trinajstić information content (AvgIpc) is 3.54. The number of hydrogen-bond donors (Lipinski definition) is 2. The third kappa shape index (κ3) is 5.32. The largest absolute Gasteiger partial charge is 0.449 e. The van der Waals surface area contributed by atoms with Crippen LogP contribution in [0.15, 0.2) is 91.8 Å². The van der Waals surface area contributed by atoms with Crippen molar-refractivity contribution in [1.82, 2.24) is 29.4 Å². The van der Waals surface area contributed by atoms with Crippen molar-refractivity contribution in [2.45, 2.75) is 26.3 Å². The summed E-state index contributed by atoms with van der Waals surface area (Å²) in [5.74, 6) is 0.641. The predicted octanol–water partition coefficient (Wildman–Crippen LogP) is 5.62. The van der Waals surface area contributed by atoms with Crippen molar-refractivity contribution in [2.24, 2.45) is 0 Å². The van der Waals surface area contributed by atoms with E-state index in [4.69, 9.17) is 4.74 Å².